The molecule has 0 unspecified atom stereocenters. The van der Waals surface area contributed by atoms with Crippen LogP contribution in [0.5, 0.6) is 0 Å². The SMILES string of the molecule is CCS(=O)(=O)c1ccc(Cl)cc1CNC(=O)c1cc(Cl)c(CN2CCN(C(=O)CCNC(=O)O)CC2)c(C(F)(F)F)c1. The van der Waals surface area contributed by atoms with Crippen molar-refractivity contribution in [3.63, 3.8) is 0 Å². The molecule has 2 aromatic rings. The molecule has 1 aliphatic heterocycles. The highest BCUT2D eigenvalue weighted by Crippen LogP contribution is 2.37. The van der Waals surface area contributed by atoms with E-state index in [2.05, 4.69) is 10.6 Å². The predicted molar refractivity (Wildman–Crippen MR) is 149 cm³/mol. The van der Waals surface area contributed by atoms with Crippen molar-refractivity contribution in [2.24, 2.45) is 0 Å². The first kappa shape index (κ1) is 33.4. The largest absolute Gasteiger partial charge is 0.465 e. The molecule has 0 atom stereocenters. The van der Waals surface area contributed by atoms with E-state index >= 15 is 0 Å². The van der Waals surface area contributed by atoms with Crippen LogP contribution < -0.4 is 10.6 Å². The van der Waals surface area contributed by atoms with Crippen molar-refractivity contribution in [2.75, 3.05) is 38.5 Å². The average molecular weight is 654 g/mol. The quantitative estimate of drug-likeness (QED) is 0.352. The topological polar surface area (TPSA) is 136 Å². The number of benzene rings is 2. The molecule has 230 valence electrons. The van der Waals surface area contributed by atoms with E-state index in [1.54, 1.807) is 4.90 Å². The number of nitrogens with zero attached hydrogens (tertiary/aromatic N) is 2. The maximum atomic E-state index is 14.1. The van der Waals surface area contributed by atoms with Crippen LogP contribution in [0, 0.1) is 0 Å². The van der Waals surface area contributed by atoms with Gasteiger partial charge >= 0.3 is 12.3 Å². The Bertz CT molecular complexity index is 1450. The summed E-state index contributed by atoms with van der Waals surface area (Å²) in [7, 11) is -3.66. The number of piperazine rings is 1. The second kappa shape index (κ2) is 13.9. The molecular formula is C26H29Cl2F3N4O6S. The standard InChI is InChI=1S/C26H29Cl2F3N4O6S/c1-2-42(40,41)22-4-3-18(27)11-17(22)14-33-24(37)16-12-20(26(29,30)31)19(21(28)13-16)15-34-7-9-35(10-8-34)23(36)5-6-32-25(38)39/h3-4,11-13,32H,2,5-10,14-15H2,1H3,(H,33,37)(H,38,39). The van der Waals surface area contributed by atoms with Crippen LogP contribution in [-0.4, -0.2) is 79.7 Å². The van der Waals surface area contributed by atoms with Crippen molar-refractivity contribution in [3.8, 4) is 0 Å². The van der Waals surface area contributed by atoms with Gasteiger partial charge in [-0.05, 0) is 41.5 Å². The molecule has 1 heterocycles. The minimum Gasteiger partial charge on any atom is -0.465 e. The normalized spacial score (nSPS) is 14.5. The predicted octanol–water partition coefficient (Wildman–Crippen LogP) is 4.04. The van der Waals surface area contributed by atoms with E-state index in [0.717, 1.165) is 6.07 Å². The smallest absolute Gasteiger partial charge is 0.416 e. The number of hydrogen-bond acceptors (Lipinski definition) is 6. The molecule has 0 saturated carbocycles. The van der Waals surface area contributed by atoms with Crippen LogP contribution in [-0.2, 0) is 33.9 Å². The van der Waals surface area contributed by atoms with Crippen molar-refractivity contribution in [2.45, 2.75) is 37.5 Å². The van der Waals surface area contributed by atoms with Gasteiger partial charge in [-0.2, -0.15) is 13.2 Å². The molecule has 0 aromatic heterocycles. The lowest BCUT2D eigenvalue weighted by molar-refractivity contribution is -0.138. The van der Waals surface area contributed by atoms with Gasteiger partial charge in [0.15, 0.2) is 9.84 Å². The summed E-state index contributed by atoms with van der Waals surface area (Å²) < 4.78 is 67.1. The van der Waals surface area contributed by atoms with Gasteiger partial charge in [-0.25, -0.2) is 13.2 Å². The summed E-state index contributed by atoms with van der Waals surface area (Å²) in [6.07, 6.45) is -6.11. The Hall–Kier alpha value is -3.07. The highest BCUT2D eigenvalue weighted by atomic mass is 35.5. The Morgan fingerprint density at radius 1 is 1.02 bits per heavy atom. The van der Waals surface area contributed by atoms with E-state index in [9.17, 15) is 36.0 Å². The molecule has 3 rings (SSSR count). The number of nitrogens with one attached hydrogen (secondary N) is 2. The second-order valence-corrected chi connectivity index (χ2v) is 12.5. The van der Waals surface area contributed by atoms with Gasteiger partial charge in [-0.3, -0.25) is 14.5 Å². The number of carbonyl (C=O) groups is 3. The van der Waals surface area contributed by atoms with E-state index in [1.807, 2.05) is 0 Å². The molecule has 0 radical (unpaired) electrons. The Kier molecular flexibility index (Phi) is 11.1. The molecular weight excluding hydrogens is 624 g/mol. The zero-order valence-electron chi connectivity index (χ0n) is 22.4. The molecule has 2 aromatic carbocycles. The number of alkyl halides is 3. The fraction of sp³-hybridized carbons (Fsp3) is 0.423. The first-order chi connectivity index (χ1) is 19.6. The summed E-state index contributed by atoms with van der Waals surface area (Å²) in [6.45, 7) is 1.93. The first-order valence-corrected chi connectivity index (χ1v) is 15.2. The van der Waals surface area contributed by atoms with Crippen LogP contribution in [0.2, 0.25) is 10.0 Å². The Morgan fingerprint density at radius 3 is 2.29 bits per heavy atom. The van der Waals surface area contributed by atoms with Gasteiger partial charge in [-0.15, -0.1) is 0 Å². The van der Waals surface area contributed by atoms with Gasteiger partial charge in [0.2, 0.25) is 5.91 Å². The molecule has 16 heteroatoms. The summed E-state index contributed by atoms with van der Waals surface area (Å²) in [5.41, 5.74) is -1.48. The number of amides is 3. The Morgan fingerprint density at radius 2 is 1.69 bits per heavy atom. The summed E-state index contributed by atoms with van der Waals surface area (Å²) in [5.74, 6) is -1.36. The fourth-order valence-electron chi connectivity index (χ4n) is 4.42. The van der Waals surface area contributed by atoms with Crippen LogP contribution in [0.1, 0.15) is 40.4 Å². The average Bonchev–Trinajstić information content (AvgIpc) is 2.92. The van der Waals surface area contributed by atoms with Crippen molar-refractivity contribution in [1.29, 1.82) is 0 Å². The second-order valence-electron chi connectivity index (χ2n) is 9.46. The monoisotopic (exact) mass is 652 g/mol. The van der Waals surface area contributed by atoms with Crippen molar-refractivity contribution in [3.05, 3.63) is 62.6 Å². The van der Waals surface area contributed by atoms with Gasteiger partial charge in [-0.1, -0.05) is 30.1 Å². The molecule has 1 saturated heterocycles. The highest BCUT2D eigenvalue weighted by molar-refractivity contribution is 7.91. The number of sulfone groups is 1. The lowest BCUT2D eigenvalue weighted by Crippen LogP contribution is -2.49. The van der Waals surface area contributed by atoms with E-state index < -0.39 is 33.6 Å². The molecule has 3 amide bonds. The van der Waals surface area contributed by atoms with Crippen LogP contribution in [0.3, 0.4) is 0 Å². The maximum absolute atomic E-state index is 14.1. The van der Waals surface area contributed by atoms with Gasteiger partial charge in [0, 0.05) is 67.8 Å². The minimum absolute atomic E-state index is 0.0348. The zero-order chi connectivity index (χ0) is 31.2. The van der Waals surface area contributed by atoms with Gasteiger partial charge < -0.3 is 20.6 Å². The Balaban J connectivity index is 1.73. The summed E-state index contributed by atoms with van der Waals surface area (Å²) in [6, 6.07) is 5.89. The molecule has 1 aliphatic rings. The van der Waals surface area contributed by atoms with Crippen molar-refractivity contribution in [1.82, 2.24) is 20.4 Å². The van der Waals surface area contributed by atoms with Gasteiger partial charge in [0.1, 0.15) is 0 Å². The van der Waals surface area contributed by atoms with E-state index in [4.69, 9.17) is 28.3 Å². The molecule has 1 fully saturated rings. The summed E-state index contributed by atoms with van der Waals surface area (Å²) in [5, 5.41) is 13.1. The number of halogens is 5. The molecule has 0 aliphatic carbocycles. The van der Waals surface area contributed by atoms with Gasteiger partial charge in [0.05, 0.1) is 16.2 Å². The third-order valence-corrected chi connectivity index (χ3v) is 9.06. The number of rotatable bonds is 10. The molecule has 42 heavy (non-hydrogen) atoms. The third-order valence-electron chi connectivity index (χ3n) is 6.66. The number of carbonyl (C=O) groups excluding carboxylic acids is 2. The van der Waals surface area contributed by atoms with Gasteiger partial charge in [0.25, 0.3) is 5.91 Å². The van der Waals surface area contributed by atoms with Crippen molar-refractivity contribution < 1.29 is 41.1 Å². The maximum Gasteiger partial charge on any atom is 0.416 e. The third kappa shape index (κ3) is 8.72. The first-order valence-electron chi connectivity index (χ1n) is 12.8. The Labute approximate surface area is 250 Å². The van der Waals surface area contributed by atoms with Crippen LogP contribution >= 0.6 is 23.2 Å². The summed E-state index contributed by atoms with van der Waals surface area (Å²) in [4.78, 5) is 38.8. The molecule has 10 nitrogen and oxygen atoms in total. The van der Waals surface area contributed by atoms with Crippen molar-refractivity contribution >= 4 is 50.9 Å². The van der Waals surface area contributed by atoms with E-state index in [1.165, 1.54) is 30.0 Å². The summed E-state index contributed by atoms with van der Waals surface area (Å²) >= 11 is 12.3. The lowest BCUT2D eigenvalue weighted by Gasteiger charge is -2.35. The minimum atomic E-state index is -4.83. The van der Waals surface area contributed by atoms with Crippen LogP contribution in [0.25, 0.3) is 0 Å². The van der Waals surface area contributed by atoms with E-state index in [-0.39, 0.29) is 95.5 Å². The van der Waals surface area contributed by atoms with Crippen LogP contribution in [0.15, 0.2) is 35.2 Å². The molecule has 0 spiro atoms. The zero-order valence-corrected chi connectivity index (χ0v) is 24.8. The van der Waals surface area contributed by atoms with Crippen LogP contribution in [0.4, 0.5) is 18.0 Å². The number of hydrogen-bond donors (Lipinski definition) is 3. The fourth-order valence-corrected chi connectivity index (χ4v) is 6.01. The molecule has 3 N–H and O–H groups in total. The number of carboxylic acid groups (broad SMARTS) is 1. The lowest BCUT2D eigenvalue weighted by atomic mass is 10.0. The molecule has 0 bridgehead atoms. The van der Waals surface area contributed by atoms with E-state index in [0.29, 0.717) is 6.07 Å². The highest BCUT2D eigenvalue weighted by Gasteiger charge is 2.36.